The third kappa shape index (κ3) is 3.55. The molecule has 0 N–H and O–H groups in total. The van der Waals surface area contributed by atoms with Gasteiger partial charge in [-0.3, -0.25) is 4.79 Å². The number of amides is 1. The number of nitrogens with zero attached hydrogens (tertiary/aromatic N) is 2. The predicted octanol–water partition coefficient (Wildman–Crippen LogP) is 3.34. The zero-order chi connectivity index (χ0) is 20.8. The number of carbonyl (C=O) groups is 1. The first-order chi connectivity index (χ1) is 13.8. The fourth-order valence-corrected chi connectivity index (χ4v) is 5.71. The van der Waals surface area contributed by atoms with Crippen molar-refractivity contribution in [1.29, 1.82) is 0 Å². The third-order valence-electron chi connectivity index (χ3n) is 5.78. The Kier molecular flexibility index (Phi) is 5.16. The van der Waals surface area contributed by atoms with Crippen molar-refractivity contribution in [2.24, 2.45) is 5.92 Å². The van der Waals surface area contributed by atoms with E-state index in [0.717, 1.165) is 29.8 Å². The number of anilines is 1. The van der Waals surface area contributed by atoms with Gasteiger partial charge in [0.2, 0.25) is 15.9 Å². The second-order valence-electron chi connectivity index (χ2n) is 7.64. The molecule has 2 heterocycles. The molecule has 1 unspecified atom stereocenters. The molecule has 0 radical (unpaired) electrons. The van der Waals surface area contributed by atoms with Crippen molar-refractivity contribution >= 4 is 21.6 Å². The van der Waals surface area contributed by atoms with Gasteiger partial charge in [-0.2, -0.15) is 4.31 Å². The zero-order valence-electron chi connectivity index (χ0n) is 16.0. The molecule has 0 spiro atoms. The van der Waals surface area contributed by atoms with E-state index in [1.54, 1.807) is 0 Å². The summed E-state index contributed by atoms with van der Waals surface area (Å²) in [6, 6.07) is 10.5. The molecule has 2 aliphatic rings. The van der Waals surface area contributed by atoms with Crippen LogP contribution in [0.15, 0.2) is 47.4 Å². The molecular weight excluding hydrogens is 398 g/mol. The first-order valence-electron chi connectivity index (χ1n) is 9.65. The van der Waals surface area contributed by atoms with Gasteiger partial charge in [-0.15, -0.1) is 0 Å². The average Bonchev–Trinajstić information content (AvgIpc) is 3.05. The normalized spacial score (nSPS) is 20.7. The van der Waals surface area contributed by atoms with Crippen LogP contribution >= 0.6 is 0 Å². The Labute approximate surface area is 169 Å². The van der Waals surface area contributed by atoms with Crippen LogP contribution in [0.2, 0.25) is 0 Å². The summed E-state index contributed by atoms with van der Waals surface area (Å²) in [5.41, 5.74) is 2.08. The first kappa shape index (κ1) is 20.0. The number of halogens is 2. The minimum atomic E-state index is -3.93. The van der Waals surface area contributed by atoms with Crippen LogP contribution in [0.1, 0.15) is 25.3 Å². The van der Waals surface area contributed by atoms with Crippen molar-refractivity contribution in [2.75, 3.05) is 18.0 Å². The highest BCUT2D eigenvalue weighted by Gasteiger charge is 2.38. The smallest absolute Gasteiger partial charge is 0.243 e. The third-order valence-corrected chi connectivity index (χ3v) is 7.67. The van der Waals surface area contributed by atoms with E-state index in [1.165, 1.54) is 4.31 Å². The average molecular weight is 420 g/mol. The van der Waals surface area contributed by atoms with Crippen LogP contribution in [0, 0.1) is 17.6 Å². The topological polar surface area (TPSA) is 57.7 Å². The van der Waals surface area contributed by atoms with Crippen LogP contribution in [0.3, 0.4) is 0 Å². The maximum absolute atomic E-state index is 13.5. The van der Waals surface area contributed by atoms with Crippen LogP contribution in [0.5, 0.6) is 0 Å². The number of carbonyl (C=O) groups excluding carboxylic acids is 1. The molecule has 0 aromatic heterocycles. The number of rotatable bonds is 3. The minimum absolute atomic E-state index is 0.0207. The number of benzene rings is 2. The van der Waals surface area contributed by atoms with Crippen molar-refractivity contribution in [3.63, 3.8) is 0 Å². The SMILES string of the molecule is CC1Cc2ccccc2N1C(=O)C1CCN(S(=O)(=O)c2ccc(F)c(F)c2)CC1. The van der Waals surface area contributed by atoms with Crippen molar-refractivity contribution in [2.45, 2.75) is 37.1 Å². The Morgan fingerprint density at radius 2 is 1.72 bits per heavy atom. The second-order valence-corrected chi connectivity index (χ2v) is 9.58. The number of piperidine rings is 1. The number of para-hydroxylation sites is 1. The molecule has 2 aliphatic heterocycles. The molecule has 5 nitrogen and oxygen atoms in total. The van der Waals surface area contributed by atoms with Gasteiger partial charge in [0.15, 0.2) is 11.6 Å². The molecule has 0 aliphatic carbocycles. The van der Waals surface area contributed by atoms with Crippen LogP contribution in [-0.4, -0.2) is 37.8 Å². The van der Waals surface area contributed by atoms with Crippen molar-refractivity contribution in [1.82, 2.24) is 4.31 Å². The highest BCUT2D eigenvalue weighted by Crippen LogP contribution is 2.35. The highest BCUT2D eigenvalue weighted by atomic mass is 32.2. The molecule has 8 heteroatoms. The molecule has 0 bridgehead atoms. The summed E-state index contributed by atoms with van der Waals surface area (Å²) in [5, 5.41) is 0. The largest absolute Gasteiger partial charge is 0.309 e. The van der Waals surface area contributed by atoms with Crippen LogP contribution in [-0.2, 0) is 21.2 Å². The summed E-state index contributed by atoms with van der Waals surface area (Å²) in [6.45, 7) is 2.35. The molecule has 154 valence electrons. The Hall–Kier alpha value is -2.32. The standard InChI is InChI=1S/C21H22F2N2O3S/c1-14-12-16-4-2-3-5-20(16)25(14)21(26)15-8-10-24(11-9-15)29(27,28)17-6-7-18(22)19(23)13-17/h2-7,13-15H,8-12H2,1H3. The van der Waals surface area contributed by atoms with Gasteiger partial charge < -0.3 is 4.90 Å². The van der Waals surface area contributed by atoms with Gasteiger partial charge in [-0.05, 0) is 56.0 Å². The molecule has 29 heavy (non-hydrogen) atoms. The molecule has 1 saturated heterocycles. The molecule has 4 rings (SSSR count). The van der Waals surface area contributed by atoms with Crippen LogP contribution in [0.25, 0.3) is 0 Å². The summed E-state index contributed by atoms with van der Waals surface area (Å²) in [6.07, 6.45) is 1.60. The van der Waals surface area contributed by atoms with E-state index >= 15 is 0 Å². The first-order valence-corrected chi connectivity index (χ1v) is 11.1. The molecule has 2 aromatic carbocycles. The van der Waals surface area contributed by atoms with Gasteiger partial charge in [0.1, 0.15) is 0 Å². The van der Waals surface area contributed by atoms with Crippen molar-refractivity contribution in [3.05, 3.63) is 59.7 Å². The summed E-state index contributed by atoms with van der Waals surface area (Å²) < 4.78 is 53.3. The van der Waals surface area contributed by atoms with Crippen LogP contribution in [0.4, 0.5) is 14.5 Å². The van der Waals surface area contributed by atoms with Gasteiger partial charge in [0.25, 0.3) is 0 Å². The van der Waals surface area contributed by atoms with E-state index in [9.17, 15) is 22.0 Å². The summed E-state index contributed by atoms with van der Waals surface area (Å²) >= 11 is 0. The van der Waals surface area contributed by atoms with Crippen molar-refractivity contribution < 1.29 is 22.0 Å². The van der Waals surface area contributed by atoms with Gasteiger partial charge >= 0.3 is 0 Å². The van der Waals surface area contributed by atoms with Crippen LogP contribution < -0.4 is 4.90 Å². The molecular formula is C21H22F2N2O3S. The fourth-order valence-electron chi connectivity index (χ4n) is 4.23. The Bertz CT molecular complexity index is 1050. The number of fused-ring (bicyclic) bond motifs is 1. The quantitative estimate of drug-likeness (QED) is 0.765. The van der Waals surface area contributed by atoms with Gasteiger partial charge in [-0.1, -0.05) is 18.2 Å². The molecule has 0 saturated carbocycles. The summed E-state index contributed by atoms with van der Waals surface area (Å²) in [4.78, 5) is 14.7. The Morgan fingerprint density at radius 1 is 1.03 bits per heavy atom. The lowest BCUT2D eigenvalue weighted by Gasteiger charge is -2.34. The van der Waals surface area contributed by atoms with E-state index < -0.39 is 21.7 Å². The Balaban J connectivity index is 1.47. The molecule has 1 fully saturated rings. The van der Waals surface area contributed by atoms with Gasteiger partial charge in [0.05, 0.1) is 4.90 Å². The number of sulfonamides is 1. The lowest BCUT2D eigenvalue weighted by Crippen LogP contribution is -2.46. The highest BCUT2D eigenvalue weighted by molar-refractivity contribution is 7.89. The van der Waals surface area contributed by atoms with Gasteiger partial charge in [0, 0.05) is 30.7 Å². The van der Waals surface area contributed by atoms with Gasteiger partial charge in [-0.25, -0.2) is 17.2 Å². The second kappa shape index (κ2) is 7.50. The maximum atomic E-state index is 13.5. The van der Waals surface area contributed by atoms with E-state index in [1.807, 2.05) is 36.1 Å². The molecule has 2 aromatic rings. The predicted molar refractivity (Wildman–Crippen MR) is 105 cm³/mol. The number of hydrogen-bond donors (Lipinski definition) is 0. The Morgan fingerprint density at radius 3 is 2.41 bits per heavy atom. The fraction of sp³-hybridized carbons (Fsp3) is 0.381. The lowest BCUT2D eigenvalue weighted by molar-refractivity contribution is -0.123. The van der Waals surface area contributed by atoms with Crippen molar-refractivity contribution in [3.8, 4) is 0 Å². The molecule has 1 amide bonds. The van der Waals surface area contributed by atoms with E-state index in [0.29, 0.717) is 18.9 Å². The van der Waals surface area contributed by atoms with E-state index in [4.69, 9.17) is 0 Å². The van der Waals surface area contributed by atoms with E-state index in [-0.39, 0.29) is 35.9 Å². The minimum Gasteiger partial charge on any atom is -0.309 e. The maximum Gasteiger partial charge on any atom is 0.243 e. The summed E-state index contributed by atoms with van der Waals surface area (Å²) in [5.74, 6) is -2.53. The molecule has 1 atom stereocenters. The van der Waals surface area contributed by atoms with E-state index in [2.05, 4.69) is 0 Å². The zero-order valence-corrected chi connectivity index (χ0v) is 16.8. The lowest BCUT2D eigenvalue weighted by atomic mass is 9.96. The number of hydrogen-bond acceptors (Lipinski definition) is 3. The summed E-state index contributed by atoms with van der Waals surface area (Å²) in [7, 11) is -3.93. The monoisotopic (exact) mass is 420 g/mol.